The summed E-state index contributed by atoms with van der Waals surface area (Å²) >= 11 is 0. The van der Waals surface area contributed by atoms with Crippen LogP contribution in [0, 0.1) is 0 Å². The normalized spacial score (nSPS) is 16.5. The SMILES string of the molecule is CCN1CCN(CC=CCOc2ccc(OC)cc2)CC1.Cl. The highest BCUT2D eigenvalue weighted by Crippen LogP contribution is 2.16. The van der Waals surface area contributed by atoms with Gasteiger partial charge in [0.1, 0.15) is 18.1 Å². The van der Waals surface area contributed by atoms with E-state index >= 15 is 0 Å². The maximum absolute atomic E-state index is 5.66. The van der Waals surface area contributed by atoms with Gasteiger partial charge in [-0.1, -0.05) is 19.1 Å². The molecule has 0 amide bonds. The van der Waals surface area contributed by atoms with Crippen molar-refractivity contribution in [3.8, 4) is 11.5 Å². The molecule has 1 heterocycles. The van der Waals surface area contributed by atoms with Crippen LogP contribution >= 0.6 is 12.4 Å². The summed E-state index contributed by atoms with van der Waals surface area (Å²) in [4.78, 5) is 4.98. The Labute approximate surface area is 140 Å². The molecule has 5 heteroatoms. The van der Waals surface area contributed by atoms with E-state index in [1.165, 1.54) is 19.6 Å². The molecule has 1 aromatic carbocycles. The molecule has 0 atom stereocenters. The highest BCUT2D eigenvalue weighted by Gasteiger charge is 2.13. The standard InChI is InChI=1S/C17H26N2O2.ClH/c1-3-18-11-13-19(14-12-18)10-4-5-15-21-17-8-6-16(20-2)7-9-17;/h4-9H,3,10-15H2,1-2H3;1H. The molecule has 4 nitrogen and oxygen atoms in total. The second kappa shape index (κ2) is 10.5. The van der Waals surface area contributed by atoms with Gasteiger partial charge in [0.15, 0.2) is 0 Å². The molecule has 0 N–H and O–H groups in total. The minimum atomic E-state index is 0. The zero-order valence-electron chi connectivity index (χ0n) is 13.5. The average Bonchev–Trinajstić information content (AvgIpc) is 2.55. The molecule has 1 aliphatic rings. The van der Waals surface area contributed by atoms with Crippen LogP contribution in [0.2, 0.25) is 0 Å². The lowest BCUT2D eigenvalue weighted by Gasteiger charge is -2.33. The minimum Gasteiger partial charge on any atom is -0.497 e. The second-order valence-corrected chi connectivity index (χ2v) is 5.19. The van der Waals surface area contributed by atoms with Crippen LogP contribution in [0.15, 0.2) is 36.4 Å². The second-order valence-electron chi connectivity index (χ2n) is 5.19. The van der Waals surface area contributed by atoms with Crippen molar-refractivity contribution in [3.05, 3.63) is 36.4 Å². The van der Waals surface area contributed by atoms with Crippen LogP contribution in [0.5, 0.6) is 11.5 Å². The Morgan fingerprint density at radius 1 is 0.955 bits per heavy atom. The molecule has 0 spiro atoms. The van der Waals surface area contributed by atoms with Crippen molar-refractivity contribution in [1.82, 2.24) is 9.80 Å². The minimum absolute atomic E-state index is 0. The summed E-state index contributed by atoms with van der Waals surface area (Å²) in [6, 6.07) is 7.67. The van der Waals surface area contributed by atoms with E-state index in [9.17, 15) is 0 Å². The van der Waals surface area contributed by atoms with Crippen molar-refractivity contribution in [2.45, 2.75) is 6.92 Å². The summed E-state index contributed by atoms with van der Waals surface area (Å²) in [6.45, 7) is 9.73. The van der Waals surface area contributed by atoms with Gasteiger partial charge in [0.05, 0.1) is 7.11 Å². The van der Waals surface area contributed by atoms with Crippen molar-refractivity contribution in [1.29, 1.82) is 0 Å². The number of hydrogen-bond donors (Lipinski definition) is 0. The van der Waals surface area contributed by atoms with Crippen LogP contribution in [0.25, 0.3) is 0 Å². The number of methoxy groups -OCH3 is 1. The van der Waals surface area contributed by atoms with Crippen LogP contribution in [-0.4, -0.2) is 62.8 Å². The Kier molecular flexibility index (Phi) is 8.97. The van der Waals surface area contributed by atoms with E-state index in [2.05, 4.69) is 28.9 Å². The van der Waals surface area contributed by atoms with Gasteiger partial charge in [-0.2, -0.15) is 0 Å². The van der Waals surface area contributed by atoms with Crippen molar-refractivity contribution in [2.24, 2.45) is 0 Å². The lowest BCUT2D eigenvalue weighted by atomic mass is 10.3. The topological polar surface area (TPSA) is 24.9 Å². The van der Waals surface area contributed by atoms with Crippen LogP contribution < -0.4 is 9.47 Å². The lowest BCUT2D eigenvalue weighted by molar-refractivity contribution is 0.148. The van der Waals surface area contributed by atoms with Gasteiger partial charge in [-0.3, -0.25) is 4.90 Å². The Morgan fingerprint density at radius 3 is 2.14 bits per heavy atom. The monoisotopic (exact) mass is 326 g/mol. The van der Waals surface area contributed by atoms with Crippen LogP contribution in [-0.2, 0) is 0 Å². The van der Waals surface area contributed by atoms with Gasteiger partial charge in [0.2, 0.25) is 0 Å². The third-order valence-corrected chi connectivity index (χ3v) is 3.85. The lowest BCUT2D eigenvalue weighted by Crippen LogP contribution is -2.46. The molecule has 0 saturated carbocycles. The maximum Gasteiger partial charge on any atom is 0.120 e. The van der Waals surface area contributed by atoms with Gasteiger partial charge in [0.25, 0.3) is 0 Å². The Bertz CT molecular complexity index is 429. The van der Waals surface area contributed by atoms with Crippen LogP contribution in [0.3, 0.4) is 0 Å². The van der Waals surface area contributed by atoms with Crippen molar-refractivity contribution in [2.75, 3.05) is 53.0 Å². The number of nitrogens with zero attached hydrogens (tertiary/aromatic N) is 2. The average molecular weight is 327 g/mol. The van der Waals surface area contributed by atoms with E-state index in [4.69, 9.17) is 9.47 Å². The Morgan fingerprint density at radius 2 is 1.55 bits per heavy atom. The number of rotatable bonds is 7. The van der Waals surface area contributed by atoms with E-state index in [1.54, 1.807) is 7.11 Å². The van der Waals surface area contributed by atoms with E-state index in [0.717, 1.165) is 31.1 Å². The molecule has 0 bridgehead atoms. The van der Waals surface area contributed by atoms with Crippen molar-refractivity contribution < 1.29 is 9.47 Å². The fourth-order valence-electron chi connectivity index (χ4n) is 2.40. The van der Waals surface area contributed by atoms with Gasteiger partial charge in [-0.25, -0.2) is 0 Å². The molecular weight excluding hydrogens is 300 g/mol. The number of piperazine rings is 1. The zero-order chi connectivity index (χ0) is 14.9. The fraction of sp³-hybridized carbons (Fsp3) is 0.529. The number of halogens is 1. The van der Waals surface area contributed by atoms with Crippen molar-refractivity contribution >= 4 is 12.4 Å². The highest BCUT2D eigenvalue weighted by atomic mass is 35.5. The molecule has 1 fully saturated rings. The Balaban J connectivity index is 0.00000242. The van der Waals surface area contributed by atoms with Gasteiger partial charge in [0, 0.05) is 32.7 Å². The van der Waals surface area contributed by atoms with Gasteiger partial charge in [-0.05, 0) is 30.8 Å². The first-order valence-electron chi connectivity index (χ1n) is 7.68. The highest BCUT2D eigenvalue weighted by molar-refractivity contribution is 5.85. The molecule has 124 valence electrons. The molecule has 1 aliphatic heterocycles. The van der Waals surface area contributed by atoms with Gasteiger partial charge >= 0.3 is 0 Å². The number of likely N-dealkylation sites (N-methyl/N-ethyl adjacent to an activating group) is 1. The third kappa shape index (κ3) is 6.26. The molecule has 1 saturated heterocycles. The van der Waals surface area contributed by atoms with Crippen LogP contribution in [0.1, 0.15) is 6.92 Å². The summed E-state index contributed by atoms with van der Waals surface area (Å²) < 4.78 is 10.8. The first-order chi connectivity index (χ1) is 10.3. The molecule has 2 rings (SSSR count). The van der Waals surface area contributed by atoms with Crippen LogP contribution in [0.4, 0.5) is 0 Å². The predicted octanol–water partition coefficient (Wildman–Crippen LogP) is 2.69. The van der Waals surface area contributed by atoms with Gasteiger partial charge in [-0.15, -0.1) is 12.4 Å². The summed E-state index contributed by atoms with van der Waals surface area (Å²) in [7, 11) is 1.67. The smallest absolute Gasteiger partial charge is 0.120 e. The van der Waals surface area contributed by atoms with Crippen molar-refractivity contribution in [3.63, 3.8) is 0 Å². The summed E-state index contributed by atoms with van der Waals surface area (Å²) in [5.41, 5.74) is 0. The first kappa shape index (κ1) is 18.8. The van der Waals surface area contributed by atoms with E-state index in [1.807, 2.05) is 24.3 Å². The first-order valence-corrected chi connectivity index (χ1v) is 7.68. The molecule has 0 aromatic heterocycles. The summed E-state index contributed by atoms with van der Waals surface area (Å²) in [6.07, 6.45) is 4.29. The fourth-order valence-corrected chi connectivity index (χ4v) is 2.40. The predicted molar refractivity (Wildman–Crippen MR) is 93.4 cm³/mol. The van der Waals surface area contributed by atoms with E-state index in [0.29, 0.717) is 6.61 Å². The maximum atomic E-state index is 5.66. The molecule has 0 radical (unpaired) electrons. The molecule has 0 unspecified atom stereocenters. The summed E-state index contributed by atoms with van der Waals surface area (Å²) in [5.74, 6) is 1.72. The molecule has 0 aliphatic carbocycles. The molecular formula is C17H27ClN2O2. The summed E-state index contributed by atoms with van der Waals surface area (Å²) in [5, 5.41) is 0. The third-order valence-electron chi connectivity index (χ3n) is 3.85. The zero-order valence-corrected chi connectivity index (χ0v) is 14.3. The number of ether oxygens (including phenoxy) is 2. The van der Waals surface area contributed by atoms with E-state index in [-0.39, 0.29) is 12.4 Å². The molecule has 1 aromatic rings. The van der Waals surface area contributed by atoms with Gasteiger partial charge < -0.3 is 14.4 Å². The largest absolute Gasteiger partial charge is 0.497 e. The Hall–Kier alpha value is -1.23. The number of hydrogen-bond acceptors (Lipinski definition) is 4. The number of benzene rings is 1. The van der Waals surface area contributed by atoms with E-state index < -0.39 is 0 Å². The molecule has 22 heavy (non-hydrogen) atoms. The quantitative estimate of drug-likeness (QED) is 0.719.